The fourth-order valence-electron chi connectivity index (χ4n) is 0.0577. The van der Waals surface area contributed by atoms with E-state index < -0.39 is 6.10 Å². The minimum Gasteiger partial charge on any atom is -0.502 e. The summed E-state index contributed by atoms with van der Waals surface area (Å²) in [6, 6.07) is 0. The van der Waals surface area contributed by atoms with Crippen LogP contribution in [0.2, 0.25) is 0 Å². The average molecular weight is 168 g/mol. The van der Waals surface area contributed by atoms with Crippen molar-refractivity contribution in [1.29, 1.82) is 0 Å². The monoisotopic (exact) mass is 168 g/mol. The van der Waals surface area contributed by atoms with E-state index >= 15 is 0 Å². The molecular weight excluding hydrogens is 156 g/mol. The molecule has 0 aliphatic carbocycles. The van der Waals surface area contributed by atoms with E-state index in [1.807, 2.05) is 0 Å². The Morgan fingerprint density at radius 2 is 1.60 bits per heavy atom. The number of aliphatic hydroxyl groups is 4. The van der Waals surface area contributed by atoms with Gasteiger partial charge in [0.1, 0.15) is 6.10 Å². The second-order valence-electron chi connectivity index (χ2n) is 1.54. The molecule has 0 aliphatic heterocycles. The lowest BCUT2D eigenvalue weighted by Crippen LogP contribution is -2.15. The van der Waals surface area contributed by atoms with Gasteiger partial charge in [-0.2, -0.15) is 0 Å². The molecule has 0 unspecified atom stereocenters. The predicted octanol–water partition coefficient (Wildman–Crippen LogP) is -0.776. The van der Waals surface area contributed by atoms with E-state index in [4.69, 9.17) is 20.4 Å². The summed E-state index contributed by atoms with van der Waals surface area (Å²) in [6.45, 7) is 0.725. The maximum Gasteiger partial charge on any atom is 0.153 e. The molecule has 0 aliphatic rings. The minimum absolute atomic E-state index is 0.000000000000000222. The van der Waals surface area contributed by atoms with Gasteiger partial charge in [0, 0.05) is 6.92 Å². The van der Waals surface area contributed by atoms with Gasteiger partial charge < -0.3 is 20.4 Å². The van der Waals surface area contributed by atoms with Crippen LogP contribution in [0.25, 0.3) is 0 Å². The Hall–Kier alpha value is -0.230. The van der Waals surface area contributed by atoms with Gasteiger partial charge in [-0.3, -0.25) is 0 Å². The third-order valence-corrected chi connectivity index (χ3v) is 0.421. The summed E-state index contributed by atoms with van der Waals surface area (Å²) in [5, 5.41) is 31.8. The molecule has 4 nitrogen and oxygen atoms in total. The van der Waals surface area contributed by atoms with Crippen molar-refractivity contribution in [3.8, 4) is 0 Å². The highest BCUT2D eigenvalue weighted by atomic mass is 32.1. The summed E-state index contributed by atoms with van der Waals surface area (Å²) >= 11 is 4.09. The predicted molar refractivity (Wildman–Crippen MR) is 41.1 cm³/mol. The maximum absolute atomic E-state index is 8.17. The summed E-state index contributed by atoms with van der Waals surface area (Å²) in [6.07, 6.45) is -0.954. The summed E-state index contributed by atoms with van der Waals surface area (Å²) in [4.78, 5) is 0. The summed E-state index contributed by atoms with van der Waals surface area (Å²) < 4.78 is 0. The molecule has 0 saturated heterocycles. The van der Waals surface area contributed by atoms with Gasteiger partial charge in [-0.1, -0.05) is 0 Å². The molecule has 0 radical (unpaired) electrons. The third-order valence-electron chi connectivity index (χ3n) is 0.421. The highest BCUT2D eigenvalue weighted by Gasteiger charge is 1.93. The SMILES string of the molecule is CC(O)=S.OCC(O)CO. The second-order valence-corrected chi connectivity index (χ2v) is 2.13. The first kappa shape index (κ1) is 12.4. The van der Waals surface area contributed by atoms with Crippen LogP contribution in [-0.4, -0.2) is 44.8 Å². The Morgan fingerprint density at radius 3 is 1.60 bits per heavy atom. The molecule has 0 bridgehead atoms. The molecule has 5 heteroatoms. The van der Waals surface area contributed by atoms with Crippen LogP contribution in [0.5, 0.6) is 0 Å². The first-order valence-corrected chi connectivity index (χ1v) is 3.04. The Morgan fingerprint density at radius 1 is 1.40 bits per heavy atom. The molecule has 0 aromatic heterocycles. The smallest absolute Gasteiger partial charge is 0.153 e. The van der Waals surface area contributed by atoms with Crippen molar-refractivity contribution < 1.29 is 20.4 Å². The van der Waals surface area contributed by atoms with Gasteiger partial charge in [0.2, 0.25) is 0 Å². The molecule has 0 aromatic rings. The Labute approximate surface area is 64.7 Å². The van der Waals surface area contributed by atoms with Crippen molar-refractivity contribution in [3.63, 3.8) is 0 Å². The number of hydrogen-bond donors (Lipinski definition) is 4. The standard InChI is InChI=1S/C3H8O3.C2H4OS/c4-1-3(6)2-5;1-2(3)4/h3-6H,1-2H2;1H3,(H,3,4). The van der Waals surface area contributed by atoms with Crippen molar-refractivity contribution in [3.05, 3.63) is 0 Å². The summed E-state index contributed by atoms with van der Waals surface area (Å²) in [5.74, 6) is 0. The fraction of sp³-hybridized carbons (Fsp3) is 0.800. The average Bonchev–Trinajstić information content (AvgIpc) is 1.85. The second kappa shape index (κ2) is 8.77. The molecule has 0 amide bonds. The van der Waals surface area contributed by atoms with E-state index in [9.17, 15) is 0 Å². The fourth-order valence-corrected chi connectivity index (χ4v) is 0.0577. The molecule has 0 heterocycles. The number of rotatable bonds is 2. The first-order chi connectivity index (χ1) is 4.54. The molecule has 0 fully saturated rings. The molecule has 0 aromatic carbocycles. The summed E-state index contributed by atoms with van der Waals surface area (Å²) in [7, 11) is 0. The Balaban J connectivity index is 0. The highest BCUT2D eigenvalue weighted by Crippen LogP contribution is 1.71. The Bertz CT molecular complexity index is 77.7. The maximum atomic E-state index is 8.17. The van der Waals surface area contributed by atoms with Crippen LogP contribution in [0.1, 0.15) is 6.92 Å². The normalized spacial score (nSPS) is 8.50. The van der Waals surface area contributed by atoms with Gasteiger partial charge in [-0.15, -0.1) is 0 Å². The van der Waals surface area contributed by atoms with E-state index in [-0.39, 0.29) is 18.3 Å². The largest absolute Gasteiger partial charge is 0.502 e. The number of aliphatic hydroxyl groups excluding tert-OH is 4. The molecule has 0 saturated carbocycles. The zero-order valence-corrected chi connectivity index (χ0v) is 6.51. The zero-order valence-electron chi connectivity index (χ0n) is 5.69. The zero-order chi connectivity index (χ0) is 8.57. The molecule has 4 N–H and O–H groups in total. The Kier molecular flexibility index (Phi) is 10.9. The molecule has 0 atom stereocenters. The highest BCUT2D eigenvalue weighted by molar-refractivity contribution is 7.79. The molecule has 0 spiro atoms. The lowest BCUT2D eigenvalue weighted by molar-refractivity contribution is 0.0450. The van der Waals surface area contributed by atoms with Crippen LogP contribution in [0.15, 0.2) is 0 Å². The minimum atomic E-state index is -0.954. The van der Waals surface area contributed by atoms with E-state index in [2.05, 4.69) is 12.2 Å². The topological polar surface area (TPSA) is 80.9 Å². The van der Waals surface area contributed by atoms with E-state index in [0.717, 1.165) is 0 Å². The van der Waals surface area contributed by atoms with Crippen molar-refractivity contribution in [2.75, 3.05) is 13.2 Å². The van der Waals surface area contributed by atoms with Crippen LogP contribution in [-0.2, 0) is 0 Å². The van der Waals surface area contributed by atoms with Gasteiger partial charge in [-0.25, -0.2) is 0 Å². The van der Waals surface area contributed by atoms with Crippen molar-refractivity contribution in [1.82, 2.24) is 0 Å². The first-order valence-electron chi connectivity index (χ1n) is 2.63. The van der Waals surface area contributed by atoms with E-state index in [1.165, 1.54) is 6.92 Å². The van der Waals surface area contributed by atoms with Gasteiger partial charge in [0.25, 0.3) is 0 Å². The van der Waals surface area contributed by atoms with Crippen LogP contribution < -0.4 is 0 Å². The van der Waals surface area contributed by atoms with Gasteiger partial charge in [-0.05, 0) is 12.2 Å². The number of thiocarbonyl (C=S) groups is 1. The quantitative estimate of drug-likeness (QED) is 0.407. The van der Waals surface area contributed by atoms with Gasteiger partial charge in [0.05, 0.1) is 13.2 Å². The third kappa shape index (κ3) is 25.1. The van der Waals surface area contributed by atoms with Crippen LogP contribution >= 0.6 is 12.2 Å². The molecule has 0 rings (SSSR count). The van der Waals surface area contributed by atoms with E-state index in [0.29, 0.717) is 0 Å². The lowest BCUT2D eigenvalue weighted by atomic mass is 10.4. The lowest BCUT2D eigenvalue weighted by Gasteiger charge is -1.96. The van der Waals surface area contributed by atoms with Gasteiger partial charge in [0.15, 0.2) is 5.05 Å². The summed E-state index contributed by atoms with van der Waals surface area (Å²) in [5.41, 5.74) is 0. The molecule has 62 valence electrons. The molecule has 10 heavy (non-hydrogen) atoms. The van der Waals surface area contributed by atoms with Crippen molar-refractivity contribution in [2.24, 2.45) is 0 Å². The van der Waals surface area contributed by atoms with Crippen LogP contribution in [0, 0.1) is 0 Å². The number of hydrogen-bond acceptors (Lipinski definition) is 4. The van der Waals surface area contributed by atoms with Crippen LogP contribution in [0.4, 0.5) is 0 Å². The molecular formula is C5H12O4S. The van der Waals surface area contributed by atoms with Crippen molar-refractivity contribution >= 4 is 17.3 Å². The van der Waals surface area contributed by atoms with E-state index in [1.54, 1.807) is 0 Å². The van der Waals surface area contributed by atoms with Crippen LogP contribution in [0.3, 0.4) is 0 Å². The van der Waals surface area contributed by atoms with Gasteiger partial charge >= 0.3 is 0 Å². The van der Waals surface area contributed by atoms with Crippen molar-refractivity contribution in [2.45, 2.75) is 13.0 Å².